The van der Waals surface area contributed by atoms with Crippen molar-refractivity contribution in [1.29, 1.82) is 0 Å². The van der Waals surface area contributed by atoms with Crippen molar-refractivity contribution in [2.24, 2.45) is 0 Å². The molecule has 0 aliphatic heterocycles. The maximum absolute atomic E-state index is 11.8. The quantitative estimate of drug-likeness (QED) is 0.750. The van der Waals surface area contributed by atoms with Crippen LogP contribution in [0.2, 0.25) is 0 Å². The maximum atomic E-state index is 11.8. The zero-order valence-corrected chi connectivity index (χ0v) is 9.47. The van der Waals surface area contributed by atoms with E-state index < -0.39 is 11.9 Å². The lowest BCUT2D eigenvalue weighted by molar-refractivity contribution is 0.0698. The number of hydrogen-bond acceptors (Lipinski definition) is 4. The summed E-state index contributed by atoms with van der Waals surface area (Å²) in [4.78, 5) is 26.6. The summed E-state index contributed by atoms with van der Waals surface area (Å²) in [5, 5.41) is 17.6. The van der Waals surface area contributed by atoms with Crippen molar-refractivity contribution in [2.75, 3.05) is 5.32 Å². The monoisotopic (exact) mass is 246 g/mol. The number of H-pyrrole nitrogens is 1. The minimum absolute atomic E-state index is 0.0121. The van der Waals surface area contributed by atoms with Gasteiger partial charge in [-0.05, 0) is 19.1 Å². The zero-order valence-electron chi connectivity index (χ0n) is 9.47. The van der Waals surface area contributed by atoms with Crippen LogP contribution in [-0.2, 0) is 0 Å². The molecular formula is C11H10N4O3. The Morgan fingerprint density at radius 1 is 1.33 bits per heavy atom. The van der Waals surface area contributed by atoms with E-state index >= 15 is 0 Å². The molecule has 92 valence electrons. The lowest BCUT2D eigenvalue weighted by atomic mass is 10.2. The highest BCUT2D eigenvalue weighted by Crippen LogP contribution is 2.15. The molecule has 1 aromatic carbocycles. The molecule has 1 aromatic heterocycles. The molecule has 7 heteroatoms. The van der Waals surface area contributed by atoms with E-state index in [4.69, 9.17) is 5.11 Å². The number of hydrogen-bond donors (Lipinski definition) is 3. The lowest BCUT2D eigenvalue weighted by Crippen LogP contribution is -2.16. The molecule has 0 saturated carbocycles. The zero-order chi connectivity index (χ0) is 13.1. The van der Waals surface area contributed by atoms with Gasteiger partial charge in [0.15, 0.2) is 0 Å². The minimum Gasteiger partial charge on any atom is -0.478 e. The third-order valence-electron chi connectivity index (χ3n) is 2.21. The molecule has 0 unspecified atom stereocenters. The topological polar surface area (TPSA) is 108 Å². The van der Waals surface area contributed by atoms with Gasteiger partial charge in [0.25, 0.3) is 5.91 Å². The number of carboxylic acid groups (broad SMARTS) is 1. The molecule has 0 saturated heterocycles. The normalized spacial score (nSPS) is 10.1. The van der Waals surface area contributed by atoms with E-state index in [-0.39, 0.29) is 17.1 Å². The van der Waals surface area contributed by atoms with Crippen LogP contribution in [0.4, 0.5) is 5.69 Å². The molecule has 7 nitrogen and oxygen atoms in total. The third-order valence-corrected chi connectivity index (χ3v) is 2.21. The second-order valence-corrected chi connectivity index (χ2v) is 3.55. The van der Waals surface area contributed by atoms with Gasteiger partial charge in [-0.1, -0.05) is 12.1 Å². The van der Waals surface area contributed by atoms with E-state index in [2.05, 4.69) is 20.5 Å². The van der Waals surface area contributed by atoms with Gasteiger partial charge in [-0.25, -0.2) is 9.78 Å². The van der Waals surface area contributed by atoms with Crippen LogP contribution in [0, 0.1) is 6.92 Å². The number of benzene rings is 1. The van der Waals surface area contributed by atoms with Gasteiger partial charge < -0.3 is 10.4 Å². The Labute approximate surface area is 102 Å². The van der Waals surface area contributed by atoms with Gasteiger partial charge in [-0.3, -0.25) is 9.89 Å². The van der Waals surface area contributed by atoms with E-state index in [0.29, 0.717) is 5.82 Å². The number of carbonyl (C=O) groups is 2. The van der Waals surface area contributed by atoms with Gasteiger partial charge in [0, 0.05) is 0 Å². The Kier molecular flexibility index (Phi) is 3.05. The van der Waals surface area contributed by atoms with E-state index in [1.54, 1.807) is 19.1 Å². The maximum Gasteiger partial charge on any atom is 0.337 e. The fourth-order valence-corrected chi connectivity index (χ4v) is 1.40. The summed E-state index contributed by atoms with van der Waals surface area (Å²) in [5.41, 5.74) is 0.218. The molecule has 0 bridgehead atoms. The number of aromatic nitrogens is 3. The standard InChI is InChI=1S/C11H10N4O3/c1-6-12-9(15-14-6)10(16)13-8-5-3-2-4-7(8)11(17)18/h2-5H,1H3,(H,13,16)(H,17,18)(H,12,14,15). The largest absolute Gasteiger partial charge is 0.478 e. The van der Waals surface area contributed by atoms with Crippen molar-refractivity contribution in [3.63, 3.8) is 0 Å². The molecule has 0 aliphatic carbocycles. The second kappa shape index (κ2) is 4.66. The van der Waals surface area contributed by atoms with E-state index in [1.165, 1.54) is 12.1 Å². The average molecular weight is 246 g/mol. The van der Waals surface area contributed by atoms with Gasteiger partial charge in [-0.2, -0.15) is 0 Å². The van der Waals surface area contributed by atoms with Crippen molar-refractivity contribution >= 4 is 17.6 Å². The van der Waals surface area contributed by atoms with Gasteiger partial charge in [0.05, 0.1) is 11.3 Å². The molecular weight excluding hydrogens is 236 g/mol. The van der Waals surface area contributed by atoms with Gasteiger partial charge in [0.1, 0.15) is 5.82 Å². The Morgan fingerprint density at radius 2 is 2.06 bits per heavy atom. The van der Waals surface area contributed by atoms with Crippen LogP contribution < -0.4 is 5.32 Å². The number of carbonyl (C=O) groups excluding carboxylic acids is 1. The summed E-state index contributed by atoms with van der Waals surface area (Å²) in [6, 6.07) is 6.11. The highest BCUT2D eigenvalue weighted by atomic mass is 16.4. The molecule has 0 radical (unpaired) electrons. The Morgan fingerprint density at radius 3 is 2.67 bits per heavy atom. The van der Waals surface area contributed by atoms with Crippen LogP contribution in [0.15, 0.2) is 24.3 Å². The summed E-state index contributed by atoms with van der Waals surface area (Å²) in [6.07, 6.45) is 0. The molecule has 0 spiro atoms. The summed E-state index contributed by atoms with van der Waals surface area (Å²) in [5.74, 6) is -1.20. The smallest absolute Gasteiger partial charge is 0.337 e. The molecule has 1 heterocycles. The first-order valence-electron chi connectivity index (χ1n) is 5.10. The van der Waals surface area contributed by atoms with E-state index in [1.807, 2.05) is 0 Å². The van der Waals surface area contributed by atoms with Crippen LogP contribution in [-0.4, -0.2) is 32.2 Å². The van der Waals surface area contributed by atoms with Crippen LogP contribution in [0.25, 0.3) is 0 Å². The highest BCUT2D eigenvalue weighted by molar-refractivity contribution is 6.05. The molecule has 0 atom stereocenters. The first-order chi connectivity index (χ1) is 8.58. The second-order valence-electron chi connectivity index (χ2n) is 3.55. The molecule has 3 N–H and O–H groups in total. The van der Waals surface area contributed by atoms with Crippen molar-refractivity contribution < 1.29 is 14.7 Å². The van der Waals surface area contributed by atoms with Crippen LogP contribution in [0.1, 0.15) is 26.8 Å². The number of aromatic amines is 1. The van der Waals surface area contributed by atoms with Crippen molar-refractivity contribution in [1.82, 2.24) is 15.2 Å². The molecule has 2 rings (SSSR count). The first kappa shape index (κ1) is 11.8. The molecule has 18 heavy (non-hydrogen) atoms. The molecule has 0 fully saturated rings. The predicted octanol–water partition coefficient (Wildman–Crippen LogP) is 1.06. The Bertz CT molecular complexity index is 606. The highest BCUT2D eigenvalue weighted by Gasteiger charge is 2.15. The van der Waals surface area contributed by atoms with Gasteiger partial charge >= 0.3 is 5.97 Å². The van der Waals surface area contributed by atoms with Gasteiger partial charge in [-0.15, -0.1) is 5.10 Å². The summed E-state index contributed by atoms with van der Waals surface area (Å²) in [7, 11) is 0. The van der Waals surface area contributed by atoms with Crippen molar-refractivity contribution in [3.05, 3.63) is 41.5 Å². The number of para-hydroxylation sites is 1. The molecule has 1 amide bonds. The van der Waals surface area contributed by atoms with Crippen LogP contribution >= 0.6 is 0 Å². The Hall–Kier alpha value is -2.70. The van der Waals surface area contributed by atoms with E-state index in [9.17, 15) is 9.59 Å². The van der Waals surface area contributed by atoms with E-state index in [0.717, 1.165) is 0 Å². The number of nitrogens with zero attached hydrogens (tertiary/aromatic N) is 2. The Balaban J connectivity index is 2.24. The minimum atomic E-state index is -1.11. The predicted molar refractivity (Wildman–Crippen MR) is 62.5 cm³/mol. The van der Waals surface area contributed by atoms with Gasteiger partial charge in [0.2, 0.25) is 5.82 Å². The SMILES string of the molecule is Cc1nc(C(=O)Nc2ccccc2C(=O)O)n[nH]1. The number of anilines is 1. The number of aryl methyl sites for hydroxylation is 1. The summed E-state index contributed by atoms with van der Waals surface area (Å²) in [6.45, 7) is 1.66. The number of nitrogens with one attached hydrogen (secondary N) is 2. The summed E-state index contributed by atoms with van der Waals surface area (Å²) < 4.78 is 0. The average Bonchev–Trinajstić information content (AvgIpc) is 2.76. The van der Waals surface area contributed by atoms with Crippen molar-refractivity contribution in [2.45, 2.75) is 6.92 Å². The fraction of sp³-hybridized carbons (Fsp3) is 0.0909. The fourth-order valence-electron chi connectivity index (χ4n) is 1.40. The first-order valence-corrected chi connectivity index (χ1v) is 5.10. The lowest BCUT2D eigenvalue weighted by Gasteiger charge is -2.05. The number of amides is 1. The van der Waals surface area contributed by atoms with Crippen LogP contribution in [0.3, 0.4) is 0 Å². The number of rotatable bonds is 3. The van der Waals surface area contributed by atoms with Crippen LogP contribution in [0.5, 0.6) is 0 Å². The number of carboxylic acids is 1. The van der Waals surface area contributed by atoms with Crippen molar-refractivity contribution in [3.8, 4) is 0 Å². The molecule has 0 aliphatic rings. The molecule has 2 aromatic rings. The number of aromatic carboxylic acids is 1. The summed E-state index contributed by atoms with van der Waals surface area (Å²) >= 11 is 0. The third kappa shape index (κ3) is 2.34.